The summed E-state index contributed by atoms with van der Waals surface area (Å²) in [7, 11) is 0. The van der Waals surface area contributed by atoms with Crippen molar-refractivity contribution in [1.82, 2.24) is 25.5 Å². The summed E-state index contributed by atoms with van der Waals surface area (Å²) in [5.41, 5.74) is 6.41. The first-order chi connectivity index (χ1) is 22.8. The van der Waals surface area contributed by atoms with Gasteiger partial charge in [0.1, 0.15) is 0 Å². The van der Waals surface area contributed by atoms with Gasteiger partial charge in [-0.1, -0.05) is 131 Å². The summed E-state index contributed by atoms with van der Waals surface area (Å²) >= 11 is 18.5. The molecule has 1 fully saturated rings. The zero-order chi connectivity index (χ0) is 32.8. The second-order valence-electron chi connectivity index (χ2n) is 10.9. The van der Waals surface area contributed by atoms with Crippen LogP contribution in [0.5, 0.6) is 0 Å². The van der Waals surface area contributed by atoms with Crippen LogP contribution in [-0.2, 0) is 27.4 Å². The minimum atomic E-state index is -2.02. The van der Waals surface area contributed by atoms with Crippen molar-refractivity contribution < 1.29 is 19.4 Å². The molecule has 6 rings (SSSR count). The number of benzene rings is 4. The molecule has 0 aliphatic carbocycles. The van der Waals surface area contributed by atoms with Gasteiger partial charge < -0.3 is 19.9 Å². The Bertz CT molecular complexity index is 1790. The average molecular weight is 711 g/mol. The normalized spacial score (nSPS) is 18.2. The summed E-state index contributed by atoms with van der Waals surface area (Å²) in [6, 6.07) is 33.3. The lowest BCUT2D eigenvalue weighted by atomic mass is 9.99. The van der Waals surface area contributed by atoms with E-state index >= 15 is 0 Å². The van der Waals surface area contributed by atoms with Crippen LogP contribution in [0, 0.1) is 0 Å². The molecule has 5 aromatic rings. The van der Waals surface area contributed by atoms with E-state index in [1.165, 1.54) is 11.8 Å². The Kier molecular flexibility index (Phi) is 10.8. The Hall–Kier alpha value is -3.48. The van der Waals surface area contributed by atoms with Gasteiger partial charge in [0.15, 0.2) is 6.29 Å². The third-order valence-corrected chi connectivity index (χ3v) is 9.17. The summed E-state index contributed by atoms with van der Waals surface area (Å²) in [5, 5.41) is 25.1. The minimum Gasteiger partial charge on any atom is -0.392 e. The minimum absolute atomic E-state index is 0.0220. The fraction of sp³-hybridized carbons (Fsp3) is 0.235. The predicted molar refractivity (Wildman–Crippen MR) is 182 cm³/mol. The molecule has 0 bridgehead atoms. The maximum Gasteiger partial charge on any atom is 0.272 e. The fourth-order valence-corrected chi connectivity index (χ4v) is 6.28. The maximum absolute atomic E-state index is 12.0. The number of hydrogen-bond donors (Lipinski definition) is 2. The lowest BCUT2D eigenvalue weighted by molar-refractivity contribution is -0.245. The molecule has 9 nitrogen and oxygen atoms in total. The number of hydrogen-bond acceptors (Lipinski definition) is 8. The SMILES string of the molecule is O=C(NCc1cccc(-c2ccc([C@H]3O[C@@H](CSc4nnnn4-c4ccccc4)C[C@@H](c4ccc(CO)cc4)O3)cc2)c1)C(Cl)(Cl)Cl. The van der Waals surface area contributed by atoms with E-state index in [1.807, 2.05) is 103 Å². The maximum atomic E-state index is 12.0. The zero-order valence-electron chi connectivity index (χ0n) is 24.9. The first kappa shape index (κ1) is 33.4. The largest absolute Gasteiger partial charge is 0.392 e. The molecule has 3 atom stereocenters. The summed E-state index contributed by atoms with van der Waals surface area (Å²) < 4.78 is 12.8. The Morgan fingerprint density at radius 3 is 2.36 bits per heavy atom. The van der Waals surface area contributed by atoms with Crippen molar-refractivity contribution in [3.63, 3.8) is 0 Å². The van der Waals surface area contributed by atoms with Crippen molar-refractivity contribution in [3.8, 4) is 16.8 Å². The predicted octanol–water partition coefficient (Wildman–Crippen LogP) is 7.15. The molecule has 0 unspecified atom stereocenters. The molecule has 0 radical (unpaired) electrons. The van der Waals surface area contributed by atoms with Crippen LogP contribution in [0.15, 0.2) is 108 Å². The highest BCUT2D eigenvalue weighted by Gasteiger charge is 2.33. The number of nitrogens with zero attached hydrogens (tertiary/aromatic N) is 4. The standard InChI is InChI=1S/C34H30Cl3N5O4S/c35-34(36,37)32(44)38-19-23-5-4-6-27(17-23)24-13-15-26(16-14-24)31-45-29(18-30(46-31)25-11-9-22(20-43)10-12-25)21-47-33-39-40-41-42(33)28-7-2-1-3-8-28/h1-17,29-31,43H,18-21H2,(H,38,44)/t29-,30+,31+/m1/s1. The number of rotatable bonds is 10. The molecule has 0 saturated carbocycles. The van der Waals surface area contributed by atoms with Crippen molar-refractivity contribution in [2.75, 3.05) is 5.75 Å². The molecule has 1 saturated heterocycles. The number of ether oxygens (including phenoxy) is 2. The van der Waals surface area contributed by atoms with E-state index in [0.29, 0.717) is 17.3 Å². The van der Waals surface area contributed by atoms with E-state index in [0.717, 1.165) is 39.1 Å². The van der Waals surface area contributed by atoms with Gasteiger partial charge in [0.05, 0.1) is 24.5 Å². The molecule has 2 heterocycles. The number of para-hydroxylation sites is 1. The lowest BCUT2D eigenvalue weighted by Gasteiger charge is -2.36. The number of aliphatic hydroxyl groups is 1. The number of halogens is 3. The molecule has 13 heteroatoms. The van der Waals surface area contributed by atoms with Gasteiger partial charge in [-0.15, -0.1) is 5.10 Å². The number of thioether (sulfide) groups is 1. The molecule has 2 N–H and O–H groups in total. The highest BCUT2D eigenvalue weighted by molar-refractivity contribution is 7.99. The molecule has 242 valence electrons. The number of carbonyl (C=O) groups is 1. The van der Waals surface area contributed by atoms with Crippen molar-refractivity contribution in [1.29, 1.82) is 0 Å². The number of carbonyl (C=O) groups excluding carboxylic acids is 1. The number of aliphatic hydroxyl groups excluding tert-OH is 1. The summed E-state index contributed by atoms with van der Waals surface area (Å²) in [4.78, 5) is 12.0. The molecule has 47 heavy (non-hydrogen) atoms. The van der Waals surface area contributed by atoms with Crippen molar-refractivity contribution in [2.45, 2.75) is 47.0 Å². The van der Waals surface area contributed by atoms with Crippen LogP contribution in [0.4, 0.5) is 0 Å². The Balaban J connectivity index is 1.18. The van der Waals surface area contributed by atoms with Crippen LogP contribution in [0.25, 0.3) is 16.8 Å². The molecule has 1 aliphatic heterocycles. The van der Waals surface area contributed by atoms with E-state index in [-0.39, 0.29) is 25.4 Å². The first-order valence-electron chi connectivity index (χ1n) is 14.8. The molecule has 1 amide bonds. The van der Waals surface area contributed by atoms with Gasteiger partial charge in [0, 0.05) is 24.3 Å². The number of nitrogens with one attached hydrogen (secondary N) is 1. The van der Waals surface area contributed by atoms with Crippen LogP contribution in [0.2, 0.25) is 0 Å². The molecule has 0 spiro atoms. The van der Waals surface area contributed by atoms with Gasteiger partial charge in [-0.2, -0.15) is 4.68 Å². The molecular weight excluding hydrogens is 681 g/mol. The highest BCUT2D eigenvalue weighted by Crippen LogP contribution is 2.40. The van der Waals surface area contributed by atoms with E-state index in [1.54, 1.807) is 4.68 Å². The number of aromatic nitrogens is 4. The van der Waals surface area contributed by atoms with Crippen LogP contribution in [-0.4, -0.2) is 46.9 Å². The van der Waals surface area contributed by atoms with Crippen molar-refractivity contribution >= 4 is 52.5 Å². The summed E-state index contributed by atoms with van der Waals surface area (Å²) in [6.07, 6.45) is -0.369. The monoisotopic (exact) mass is 709 g/mol. The highest BCUT2D eigenvalue weighted by atomic mass is 35.6. The molecule has 1 aliphatic rings. The molecule has 1 aromatic heterocycles. The molecular formula is C34H30Cl3N5O4S. The number of alkyl halides is 3. The van der Waals surface area contributed by atoms with Crippen molar-refractivity contribution in [3.05, 3.63) is 125 Å². The topological polar surface area (TPSA) is 111 Å². The van der Waals surface area contributed by atoms with Gasteiger partial charge in [-0.3, -0.25) is 4.79 Å². The second kappa shape index (κ2) is 15.2. The van der Waals surface area contributed by atoms with Gasteiger partial charge >= 0.3 is 0 Å². The Morgan fingerprint density at radius 2 is 1.64 bits per heavy atom. The van der Waals surface area contributed by atoms with E-state index in [9.17, 15) is 9.90 Å². The third-order valence-electron chi connectivity index (χ3n) is 7.61. The number of tetrazole rings is 1. The van der Waals surface area contributed by atoms with Crippen LogP contribution in [0.3, 0.4) is 0 Å². The smallest absolute Gasteiger partial charge is 0.272 e. The quantitative estimate of drug-likeness (QED) is 0.116. The van der Waals surface area contributed by atoms with Gasteiger partial charge in [0.25, 0.3) is 9.70 Å². The van der Waals surface area contributed by atoms with E-state index in [2.05, 4.69) is 20.8 Å². The van der Waals surface area contributed by atoms with E-state index < -0.39 is 16.0 Å². The Labute approximate surface area is 291 Å². The van der Waals surface area contributed by atoms with Crippen LogP contribution >= 0.6 is 46.6 Å². The van der Waals surface area contributed by atoms with Gasteiger partial charge in [-0.05, 0) is 56.4 Å². The zero-order valence-corrected chi connectivity index (χ0v) is 28.0. The first-order valence-corrected chi connectivity index (χ1v) is 16.9. The second-order valence-corrected chi connectivity index (χ2v) is 14.1. The van der Waals surface area contributed by atoms with Crippen LogP contribution < -0.4 is 5.32 Å². The lowest BCUT2D eigenvalue weighted by Crippen LogP contribution is -2.33. The average Bonchev–Trinajstić information content (AvgIpc) is 3.58. The van der Waals surface area contributed by atoms with Crippen molar-refractivity contribution in [2.24, 2.45) is 0 Å². The third kappa shape index (κ3) is 8.52. The summed E-state index contributed by atoms with van der Waals surface area (Å²) in [5.74, 6) is -0.0725. The number of amides is 1. The van der Waals surface area contributed by atoms with E-state index in [4.69, 9.17) is 44.3 Å². The van der Waals surface area contributed by atoms with Gasteiger partial charge in [0.2, 0.25) is 5.16 Å². The van der Waals surface area contributed by atoms with Gasteiger partial charge in [-0.25, -0.2) is 0 Å². The molecule has 4 aromatic carbocycles. The van der Waals surface area contributed by atoms with Crippen LogP contribution in [0.1, 0.15) is 41.1 Å². The summed E-state index contributed by atoms with van der Waals surface area (Å²) in [6.45, 7) is 0.200. The fourth-order valence-electron chi connectivity index (χ4n) is 5.17. The Morgan fingerprint density at radius 1 is 0.894 bits per heavy atom.